The van der Waals surface area contributed by atoms with Crippen molar-refractivity contribution in [2.45, 2.75) is 26.1 Å². The number of ether oxygens (including phenoxy) is 1. The number of alkyl halides is 1. The molecular weight excluding hydrogens is 313 g/mol. The van der Waals surface area contributed by atoms with Crippen molar-refractivity contribution >= 4 is 17.0 Å². The van der Waals surface area contributed by atoms with Crippen LogP contribution in [0.25, 0.3) is 11.2 Å². The van der Waals surface area contributed by atoms with Gasteiger partial charge in [-0.05, 0) is 18.3 Å². The van der Waals surface area contributed by atoms with E-state index < -0.39 is 6.17 Å². The van der Waals surface area contributed by atoms with Crippen molar-refractivity contribution in [1.82, 2.24) is 19.7 Å². The third-order valence-electron chi connectivity index (χ3n) is 4.38. The minimum absolute atomic E-state index is 0.0241. The lowest BCUT2D eigenvalue weighted by molar-refractivity contribution is 0.112. The molecule has 3 rings (SSSR count). The normalized spacial score (nSPS) is 22.9. The SMILES string of the molecule is COCC(F)Cn1ncc2ncc(N3C[C@H](C)C[C@H](CO)C3)nc21. The number of piperidine rings is 1. The number of nitrogens with zero attached hydrogens (tertiary/aromatic N) is 5. The largest absolute Gasteiger partial charge is 0.396 e. The smallest absolute Gasteiger partial charge is 0.179 e. The lowest BCUT2D eigenvalue weighted by Gasteiger charge is -2.36. The summed E-state index contributed by atoms with van der Waals surface area (Å²) in [4.78, 5) is 11.2. The number of aromatic nitrogens is 4. The van der Waals surface area contributed by atoms with Crippen LogP contribution in [0.2, 0.25) is 0 Å². The van der Waals surface area contributed by atoms with Gasteiger partial charge in [-0.1, -0.05) is 6.92 Å². The molecule has 1 aliphatic rings. The van der Waals surface area contributed by atoms with E-state index in [9.17, 15) is 9.50 Å². The number of anilines is 1. The molecule has 3 heterocycles. The molecule has 1 N–H and O–H groups in total. The van der Waals surface area contributed by atoms with E-state index in [2.05, 4.69) is 26.9 Å². The van der Waals surface area contributed by atoms with Gasteiger partial charge in [-0.25, -0.2) is 19.0 Å². The standard InChI is InChI=1S/C16H24FN5O2/c1-11-3-12(9-23)7-21(6-11)15-5-18-14-4-19-22(16(14)20-15)8-13(17)10-24-2/h4-5,11-13,23H,3,6-10H2,1-2H3/t11-,12+,13?/m1/s1. The van der Waals surface area contributed by atoms with Crippen molar-refractivity contribution in [3.63, 3.8) is 0 Å². The summed E-state index contributed by atoms with van der Waals surface area (Å²) in [5.74, 6) is 1.47. The topological polar surface area (TPSA) is 76.3 Å². The molecule has 7 nitrogen and oxygen atoms in total. The zero-order valence-electron chi connectivity index (χ0n) is 14.1. The molecule has 24 heavy (non-hydrogen) atoms. The lowest BCUT2D eigenvalue weighted by atomic mass is 9.91. The summed E-state index contributed by atoms with van der Waals surface area (Å²) in [6, 6.07) is 0. The predicted octanol–water partition coefficient (Wildman–Crippen LogP) is 1.27. The number of hydrogen-bond acceptors (Lipinski definition) is 6. The number of aliphatic hydroxyl groups excluding tert-OH is 1. The van der Waals surface area contributed by atoms with Gasteiger partial charge in [0, 0.05) is 26.8 Å². The van der Waals surface area contributed by atoms with Crippen molar-refractivity contribution in [1.29, 1.82) is 0 Å². The highest BCUT2D eigenvalue weighted by Crippen LogP contribution is 2.25. The molecule has 1 unspecified atom stereocenters. The molecule has 1 saturated heterocycles. The first-order chi connectivity index (χ1) is 11.6. The van der Waals surface area contributed by atoms with E-state index in [1.54, 1.807) is 12.4 Å². The van der Waals surface area contributed by atoms with Crippen molar-refractivity contribution in [3.05, 3.63) is 12.4 Å². The van der Waals surface area contributed by atoms with Crippen molar-refractivity contribution in [2.24, 2.45) is 11.8 Å². The first kappa shape index (κ1) is 17.0. The molecule has 1 aliphatic heterocycles. The van der Waals surface area contributed by atoms with Gasteiger partial charge in [0.1, 0.15) is 17.5 Å². The van der Waals surface area contributed by atoms with Crippen LogP contribution >= 0.6 is 0 Å². The number of rotatable bonds is 6. The van der Waals surface area contributed by atoms with Crippen molar-refractivity contribution < 1.29 is 14.2 Å². The Morgan fingerprint density at radius 2 is 2.25 bits per heavy atom. The van der Waals surface area contributed by atoms with Crippen LogP contribution in [0.4, 0.5) is 10.2 Å². The van der Waals surface area contributed by atoms with Gasteiger partial charge >= 0.3 is 0 Å². The summed E-state index contributed by atoms with van der Waals surface area (Å²) in [5.41, 5.74) is 1.22. The Balaban J connectivity index is 1.84. The second-order valence-electron chi connectivity index (χ2n) is 6.61. The maximum atomic E-state index is 13.8. The Morgan fingerprint density at radius 3 is 3.00 bits per heavy atom. The van der Waals surface area contributed by atoms with Gasteiger partial charge in [0.15, 0.2) is 5.65 Å². The van der Waals surface area contributed by atoms with Crippen LogP contribution in [0.1, 0.15) is 13.3 Å². The minimum atomic E-state index is -1.14. The van der Waals surface area contributed by atoms with Crippen LogP contribution in [0, 0.1) is 11.8 Å². The van der Waals surface area contributed by atoms with Crippen LogP contribution in [-0.4, -0.2) is 64.4 Å². The molecule has 0 amide bonds. The molecule has 0 spiro atoms. The van der Waals surface area contributed by atoms with Crippen molar-refractivity contribution in [3.8, 4) is 0 Å². The Labute approximate surface area is 140 Å². The highest BCUT2D eigenvalue weighted by Gasteiger charge is 2.25. The number of aliphatic hydroxyl groups is 1. The third kappa shape index (κ3) is 3.64. The number of hydrogen-bond donors (Lipinski definition) is 1. The average Bonchev–Trinajstić information content (AvgIpc) is 2.96. The van der Waals surface area contributed by atoms with E-state index in [1.807, 2.05) is 0 Å². The molecule has 3 atom stereocenters. The van der Waals surface area contributed by atoms with Gasteiger partial charge in [-0.2, -0.15) is 5.10 Å². The Kier molecular flexibility index (Phi) is 5.25. The second kappa shape index (κ2) is 7.40. The first-order valence-corrected chi connectivity index (χ1v) is 8.28. The number of fused-ring (bicyclic) bond motifs is 1. The minimum Gasteiger partial charge on any atom is -0.396 e. The zero-order chi connectivity index (χ0) is 17.1. The summed E-state index contributed by atoms with van der Waals surface area (Å²) in [6.45, 7) is 4.09. The molecule has 8 heteroatoms. The van der Waals surface area contributed by atoms with Gasteiger partial charge in [0.25, 0.3) is 0 Å². The molecule has 1 fully saturated rings. The van der Waals surface area contributed by atoms with Crippen LogP contribution in [-0.2, 0) is 11.3 Å². The Hall–Kier alpha value is -1.80. The molecule has 0 aromatic carbocycles. The van der Waals surface area contributed by atoms with Crippen LogP contribution < -0.4 is 4.90 Å². The summed E-state index contributed by atoms with van der Waals surface area (Å²) in [6.07, 6.45) is 3.20. The number of halogens is 1. The molecule has 0 bridgehead atoms. The van der Waals surface area contributed by atoms with E-state index in [4.69, 9.17) is 4.74 Å². The second-order valence-corrected chi connectivity index (χ2v) is 6.61. The van der Waals surface area contributed by atoms with E-state index in [0.717, 1.165) is 25.3 Å². The monoisotopic (exact) mass is 337 g/mol. The van der Waals surface area contributed by atoms with E-state index in [0.29, 0.717) is 17.1 Å². The highest BCUT2D eigenvalue weighted by atomic mass is 19.1. The lowest BCUT2D eigenvalue weighted by Crippen LogP contribution is -2.41. The van der Waals surface area contributed by atoms with Gasteiger partial charge in [0.05, 0.1) is 25.5 Å². The van der Waals surface area contributed by atoms with E-state index in [-0.39, 0.29) is 25.7 Å². The first-order valence-electron chi connectivity index (χ1n) is 8.28. The predicted molar refractivity (Wildman–Crippen MR) is 88.7 cm³/mol. The average molecular weight is 337 g/mol. The fourth-order valence-electron chi connectivity index (χ4n) is 3.35. The quantitative estimate of drug-likeness (QED) is 0.855. The molecule has 132 valence electrons. The van der Waals surface area contributed by atoms with Gasteiger partial charge in [-0.3, -0.25) is 0 Å². The Bertz CT molecular complexity index is 680. The summed E-state index contributed by atoms with van der Waals surface area (Å²) in [7, 11) is 1.47. The third-order valence-corrected chi connectivity index (χ3v) is 4.38. The molecular formula is C16H24FN5O2. The van der Waals surface area contributed by atoms with Crippen LogP contribution in [0.15, 0.2) is 12.4 Å². The summed E-state index contributed by atoms with van der Waals surface area (Å²) in [5, 5.41) is 13.7. The van der Waals surface area contributed by atoms with E-state index in [1.165, 1.54) is 11.8 Å². The maximum absolute atomic E-state index is 13.8. The van der Waals surface area contributed by atoms with Gasteiger partial charge < -0.3 is 14.7 Å². The fraction of sp³-hybridized carbons (Fsp3) is 0.688. The van der Waals surface area contributed by atoms with Crippen LogP contribution in [0.3, 0.4) is 0 Å². The maximum Gasteiger partial charge on any atom is 0.179 e. The molecule has 2 aromatic rings. The summed E-state index contributed by atoms with van der Waals surface area (Å²) < 4.78 is 20.2. The van der Waals surface area contributed by atoms with Crippen LogP contribution in [0.5, 0.6) is 0 Å². The highest BCUT2D eigenvalue weighted by molar-refractivity contribution is 5.71. The number of methoxy groups -OCH3 is 1. The van der Waals surface area contributed by atoms with Gasteiger partial charge in [-0.15, -0.1) is 0 Å². The molecule has 0 radical (unpaired) electrons. The van der Waals surface area contributed by atoms with Gasteiger partial charge in [0.2, 0.25) is 0 Å². The van der Waals surface area contributed by atoms with E-state index >= 15 is 0 Å². The fourth-order valence-corrected chi connectivity index (χ4v) is 3.35. The molecule has 0 saturated carbocycles. The zero-order valence-corrected chi connectivity index (χ0v) is 14.1. The van der Waals surface area contributed by atoms with Crippen molar-refractivity contribution in [2.75, 3.05) is 38.3 Å². The molecule has 2 aromatic heterocycles. The molecule has 0 aliphatic carbocycles. The summed E-state index contributed by atoms with van der Waals surface area (Å²) >= 11 is 0. The Morgan fingerprint density at radius 1 is 1.42 bits per heavy atom.